The first kappa shape index (κ1) is 9.27. The molecule has 0 aliphatic rings. The Morgan fingerprint density at radius 1 is 1.50 bits per heavy atom. The molecule has 0 saturated heterocycles. The van der Waals surface area contributed by atoms with E-state index in [1.807, 2.05) is 0 Å². The second-order valence-corrected chi connectivity index (χ2v) is 0.921. The van der Waals surface area contributed by atoms with Crippen LogP contribution in [0.15, 0.2) is 10.8 Å². The molecule has 0 rings (SSSR count). The topological polar surface area (TPSA) is 87.0 Å². The molecule has 0 atom stereocenters. The molecular formula is C2H8FeN3. The average Bonchev–Trinajstić information content (AvgIpc) is 1.38. The second-order valence-electron chi connectivity index (χ2n) is 0.602. The van der Waals surface area contributed by atoms with E-state index in [2.05, 4.69) is 16.0 Å². The molecule has 4 heteroatoms. The van der Waals surface area contributed by atoms with Gasteiger partial charge in [0.2, 0.25) is 0 Å². The molecule has 0 aromatic heterocycles. The van der Waals surface area contributed by atoms with E-state index in [1.54, 1.807) is 0 Å². The van der Waals surface area contributed by atoms with Crippen LogP contribution in [0.5, 0.6) is 0 Å². The minimum atomic E-state index is 0. The SMILES string of the molecule is N.NC(N)=[CH][Fe]. The van der Waals surface area contributed by atoms with E-state index in [4.69, 9.17) is 11.5 Å². The number of hydrogen-bond donors (Lipinski definition) is 3. The fraction of sp³-hybridized carbons (Fsp3) is 0. The van der Waals surface area contributed by atoms with Gasteiger partial charge in [0, 0.05) is 0 Å². The summed E-state index contributed by atoms with van der Waals surface area (Å²) in [6, 6.07) is 0. The van der Waals surface area contributed by atoms with Crippen molar-refractivity contribution in [3.05, 3.63) is 10.8 Å². The van der Waals surface area contributed by atoms with E-state index in [0.717, 1.165) is 0 Å². The molecule has 0 radical (unpaired) electrons. The van der Waals surface area contributed by atoms with Gasteiger partial charge in [-0.05, 0) is 0 Å². The first-order valence-corrected chi connectivity index (χ1v) is 1.71. The summed E-state index contributed by atoms with van der Waals surface area (Å²) in [5.41, 5.74) is 9.74. The van der Waals surface area contributed by atoms with Crippen molar-refractivity contribution in [3.8, 4) is 0 Å². The zero-order valence-corrected chi connectivity index (χ0v) is 4.40. The maximum atomic E-state index is 4.87. The van der Waals surface area contributed by atoms with Gasteiger partial charge in [0.1, 0.15) is 0 Å². The molecule has 0 unspecified atom stereocenters. The van der Waals surface area contributed by atoms with Crippen LogP contribution in [0, 0.1) is 0 Å². The summed E-state index contributed by atoms with van der Waals surface area (Å²) in [5.74, 6) is 0.269. The van der Waals surface area contributed by atoms with Gasteiger partial charge in [0.05, 0.1) is 0 Å². The Morgan fingerprint density at radius 3 is 1.67 bits per heavy atom. The zero-order chi connectivity index (χ0) is 4.28. The summed E-state index contributed by atoms with van der Waals surface area (Å²) in [4.78, 5) is 1.39. The molecule has 0 aliphatic heterocycles. The van der Waals surface area contributed by atoms with Gasteiger partial charge in [0.25, 0.3) is 0 Å². The van der Waals surface area contributed by atoms with E-state index in [9.17, 15) is 0 Å². The Balaban J connectivity index is 0. The molecule has 0 bridgehead atoms. The van der Waals surface area contributed by atoms with Gasteiger partial charge < -0.3 is 6.15 Å². The fourth-order valence-corrected chi connectivity index (χ4v) is 0. The van der Waals surface area contributed by atoms with E-state index < -0.39 is 0 Å². The molecule has 6 heavy (non-hydrogen) atoms. The quantitative estimate of drug-likeness (QED) is 0.383. The standard InChI is InChI=1S/C2H5N2.Fe.H3N/c1-2(3)4;;/h1H,3-4H2;;1H3. The van der Waals surface area contributed by atoms with Crippen LogP contribution >= 0.6 is 0 Å². The predicted octanol–water partition coefficient (Wildman–Crippen LogP) is -0.589. The van der Waals surface area contributed by atoms with Crippen molar-refractivity contribution in [3.63, 3.8) is 0 Å². The first-order chi connectivity index (χ1) is 2.27. The van der Waals surface area contributed by atoms with Gasteiger partial charge in [-0.3, -0.25) is 0 Å². The van der Waals surface area contributed by atoms with Crippen molar-refractivity contribution in [1.82, 2.24) is 6.15 Å². The maximum absolute atomic E-state index is 4.87. The van der Waals surface area contributed by atoms with Crippen molar-refractivity contribution in [2.24, 2.45) is 11.5 Å². The van der Waals surface area contributed by atoms with Crippen LogP contribution in [0.3, 0.4) is 0 Å². The number of rotatable bonds is 0. The van der Waals surface area contributed by atoms with Crippen LogP contribution in [-0.2, 0) is 16.0 Å². The molecule has 0 aromatic carbocycles. The molecule has 0 fully saturated rings. The Morgan fingerprint density at radius 2 is 1.67 bits per heavy atom. The van der Waals surface area contributed by atoms with Crippen molar-refractivity contribution < 1.29 is 16.0 Å². The number of nitrogens with two attached hydrogens (primary N) is 2. The molecule has 0 saturated carbocycles. The van der Waals surface area contributed by atoms with E-state index in [-0.39, 0.29) is 12.0 Å². The fourth-order valence-electron chi connectivity index (χ4n) is 0. The third-order valence-electron chi connectivity index (χ3n) is 0.118. The summed E-state index contributed by atoms with van der Waals surface area (Å²) >= 11 is 3.27. The molecule has 0 aromatic rings. The summed E-state index contributed by atoms with van der Waals surface area (Å²) in [6.45, 7) is 0. The van der Waals surface area contributed by atoms with Gasteiger partial charge in [0.15, 0.2) is 0 Å². The minimum absolute atomic E-state index is 0. The van der Waals surface area contributed by atoms with E-state index in [1.165, 1.54) is 4.97 Å². The Hall–Kier alpha value is -0.181. The van der Waals surface area contributed by atoms with Crippen molar-refractivity contribution in [1.29, 1.82) is 0 Å². The first-order valence-electron chi connectivity index (χ1n) is 1.07. The van der Waals surface area contributed by atoms with Gasteiger partial charge >= 0.3 is 38.3 Å². The van der Waals surface area contributed by atoms with Crippen LogP contribution in [0.25, 0.3) is 0 Å². The number of hydrogen-bond acceptors (Lipinski definition) is 3. The normalized spacial score (nSPS) is 5.50. The molecule has 0 aliphatic carbocycles. The third-order valence-corrected chi connectivity index (χ3v) is 0.486. The van der Waals surface area contributed by atoms with Gasteiger partial charge in [-0.25, -0.2) is 0 Å². The molecule has 0 amide bonds. The van der Waals surface area contributed by atoms with Crippen LogP contribution in [-0.4, -0.2) is 0 Å². The Labute approximate surface area is 45.2 Å². The predicted molar refractivity (Wildman–Crippen MR) is 21.5 cm³/mol. The third kappa shape index (κ3) is 9.17. The van der Waals surface area contributed by atoms with Crippen LogP contribution < -0.4 is 17.6 Å². The average molecular weight is 130 g/mol. The Kier molecular flexibility index (Phi) is 7.44. The van der Waals surface area contributed by atoms with Crippen LogP contribution in [0.2, 0.25) is 0 Å². The summed E-state index contributed by atoms with van der Waals surface area (Å²) in [6.07, 6.45) is 0. The van der Waals surface area contributed by atoms with Crippen molar-refractivity contribution >= 4 is 0 Å². The summed E-state index contributed by atoms with van der Waals surface area (Å²) in [5, 5.41) is 0. The summed E-state index contributed by atoms with van der Waals surface area (Å²) in [7, 11) is 0. The van der Waals surface area contributed by atoms with Crippen molar-refractivity contribution in [2.45, 2.75) is 0 Å². The van der Waals surface area contributed by atoms with Crippen molar-refractivity contribution in [2.75, 3.05) is 0 Å². The van der Waals surface area contributed by atoms with Gasteiger partial charge in [-0.15, -0.1) is 0 Å². The van der Waals surface area contributed by atoms with Crippen LogP contribution in [0.4, 0.5) is 0 Å². The monoisotopic (exact) mass is 130 g/mol. The van der Waals surface area contributed by atoms with Crippen LogP contribution in [0.1, 0.15) is 0 Å². The van der Waals surface area contributed by atoms with Gasteiger partial charge in [-0.1, -0.05) is 0 Å². The zero-order valence-electron chi connectivity index (χ0n) is 3.29. The summed E-state index contributed by atoms with van der Waals surface area (Å²) < 4.78 is 0. The molecule has 3 nitrogen and oxygen atoms in total. The molecule has 0 heterocycles. The molecule has 0 spiro atoms. The Bertz CT molecular complexity index is 46.8. The second kappa shape index (κ2) is 4.82. The molecule has 7 N–H and O–H groups in total. The van der Waals surface area contributed by atoms with E-state index >= 15 is 0 Å². The molecule has 39 valence electrons. The molecular weight excluding hydrogens is 122 g/mol. The van der Waals surface area contributed by atoms with E-state index in [0.29, 0.717) is 0 Å². The van der Waals surface area contributed by atoms with Gasteiger partial charge in [-0.2, -0.15) is 0 Å².